The van der Waals surface area contributed by atoms with Gasteiger partial charge in [-0.2, -0.15) is 0 Å². The van der Waals surface area contributed by atoms with E-state index in [1.807, 2.05) is 43.4 Å². The van der Waals surface area contributed by atoms with Gasteiger partial charge in [0.15, 0.2) is 5.58 Å². The van der Waals surface area contributed by atoms with Gasteiger partial charge in [0.05, 0.1) is 17.4 Å². The molecule has 0 spiro atoms. The average Bonchev–Trinajstić information content (AvgIpc) is 3.01. The summed E-state index contributed by atoms with van der Waals surface area (Å²) in [6.45, 7) is 4.53. The zero-order valence-corrected chi connectivity index (χ0v) is 14.9. The van der Waals surface area contributed by atoms with Gasteiger partial charge in [0, 0.05) is 12.4 Å². The Labute approximate surface area is 141 Å². The summed E-state index contributed by atoms with van der Waals surface area (Å²) in [6, 6.07) is 5.88. The third-order valence-electron chi connectivity index (χ3n) is 3.13. The second kappa shape index (κ2) is 6.10. The highest BCUT2D eigenvalue weighted by atomic mass is 79.9. The zero-order chi connectivity index (χ0) is 15.7. The summed E-state index contributed by atoms with van der Waals surface area (Å²) < 4.78 is 13.8. The summed E-state index contributed by atoms with van der Waals surface area (Å²) >= 11 is 4.67. The standard InChI is InChI=1S/C14H16BrN3O3S/c1-14(2)7-12(17-21-14)20-22-18(3)8-11-9-5-4-6-10(15)13(9)19-16-11/h4-6H,7-8H2,1-3H3. The molecule has 2 heterocycles. The lowest BCUT2D eigenvalue weighted by Gasteiger charge is -2.14. The maximum atomic E-state index is 5.58. The molecule has 0 unspecified atom stereocenters. The largest absolute Gasteiger partial charge is 0.391 e. The monoisotopic (exact) mass is 385 g/mol. The Morgan fingerprint density at radius 3 is 3.00 bits per heavy atom. The molecule has 1 aliphatic heterocycles. The number of aromatic nitrogens is 1. The Kier molecular flexibility index (Phi) is 4.33. The third-order valence-corrected chi connectivity index (χ3v) is 4.40. The Morgan fingerprint density at radius 1 is 1.45 bits per heavy atom. The smallest absolute Gasteiger partial charge is 0.246 e. The summed E-state index contributed by atoms with van der Waals surface area (Å²) in [6.07, 6.45) is 0.660. The molecule has 8 heteroatoms. The lowest BCUT2D eigenvalue weighted by atomic mass is 10.1. The van der Waals surface area contributed by atoms with Crippen molar-refractivity contribution < 1.29 is 13.5 Å². The minimum absolute atomic E-state index is 0.289. The Hall–Kier alpha value is -1.25. The highest BCUT2D eigenvalue weighted by molar-refractivity contribution is 9.10. The van der Waals surface area contributed by atoms with Crippen molar-refractivity contribution in [2.75, 3.05) is 7.05 Å². The second-order valence-corrected chi connectivity index (χ2v) is 7.50. The van der Waals surface area contributed by atoms with E-state index in [0.717, 1.165) is 21.1 Å². The minimum Gasteiger partial charge on any atom is -0.391 e. The number of oxime groups is 1. The Morgan fingerprint density at radius 2 is 2.27 bits per heavy atom. The van der Waals surface area contributed by atoms with E-state index in [4.69, 9.17) is 13.5 Å². The number of nitrogens with zero attached hydrogens (tertiary/aromatic N) is 3. The van der Waals surface area contributed by atoms with Gasteiger partial charge in [0.25, 0.3) is 0 Å². The van der Waals surface area contributed by atoms with Crippen LogP contribution in [0.3, 0.4) is 0 Å². The van der Waals surface area contributed by atoms with Crippen LogP contribution in [0.25, 0.3) is 11.0 Å². The van der Waals surface area contributed by atoms with E-state index in [1.54, 1.807) is 0 Å². The van der Waals surface area contributed by atoms with E-state index < -0.39 is 0 Å². The van der Waals surface area contributed by atoms with Gasteiger partial charge >= 0.3 is 0 Å². The highest BCUT2D eigenvalue weighted by Crippen LogP contribution is 2.29. The molecule has 22 heavy (non-hydrogen) atoms. The number of hydrogen-bond donors (Lipinski definition) is 0. The van der Waals surface area contributed by atoms with E-state index in [2.05, 4.69) is 26.2 Å². The van der Waals surface area contributed by atoms with Gasteiger partial charge in [-0.3, -0.25) is 0 Å². The average molecular weight is 386 g/mol. The fourth-order valence-corrected chi connectivity index (χ4v) is 3.00. The van der Waals surface area contributed by atoms with Crippen LogP contribution in [-0.2, 0) is 15.6 Å². The van der Waals surface area contributed by atoms with Gasteiger partial charge in [-0.25, -0.2) is 4.31 Å². The van der Waals surface area contributed by atoms with Crippen molar-refractivity contribution in [1.29, 1.82) is 0 Å². The lowest BCUT2D eigenvalue weighted by molar-refractivity contribution is 0.0123. The first-order valence-electron chi connectivity index (χ1n) is 6.78. The molecule has 1 aromatic carbocycles. The van der Waals surface area contributed by atoms with Crippen LogP contribution >= 0.6 is 28.2 Å². The van der Waals surface area contributed by atoms with Crippen LogP contribution in [0.4, 0.5) is 0 Å². The predicted molar refractivity (Wildman–Crippen MR) is 89.1 cm³/mol. The van der Waals surface area contributed by atoms with Crippen molar-refractivity contribution in [3.63, 3.8) is 0 Å². The van der Waals surface area contributed by atoms with Gasteiger partial charge in [-0.1, -0.05) is 16.4 Å². The molecular weight excluding hydrogens is 370 g/mol. The number of hydrogen-bond acceptors (Lipinski definition) is 7. The minimum atomic E-state index is -0.289. The molecule has 3 rings (SSSR count). The van der Waals surface area contributed by atoms with Crippen LogP contribution < -0.4 is 0 Å². The molecule has 1 aliphatic rings. The quantitative estimate of drug-likeness (QED) is 0.582. The normalized spacial score (nSPS) is 16.9. The summed E-state index contributed by atoms with van der Waals surface area (Å²) in [4.78, 5) is 5.26. The van der Waals surface area contributed by atoms with Crippen LogP contribution in [0.5, 0.6) is 0 Å². The van der Waals surface area contributed by atoms with Crippen molar-refractivity contribution in [3.8, 4) is 0 Å². The summed E-state index contributed by atoms with van der Waals surface area (Å²) in [5.74, 6) is 0.592. The van der Waals surface area contributed by atoms with Crippen molar-refractivity contribution in [1.82, 2.24) is 9.46 Å². The van der Waals surface area contributed by atoms with Crippen molar-refractivity contribution in [2.24, 2.45) is 5.16 Å². The van der Waals surface area contributed by atoms with Crippen LogP contribution in [0.1, 0.15) is 26.0 Å². The van der Waals surface area contributed by atoms with E-state index in [9.17, 15) is 0 Å². The summed E-state index contributed by atoms with van der Waals surface area (Å²) in [5.41, 5.74) is 1.33. The SMILES string of the molecule is CN(Cc1noc2c(Br)cccc12)SOC1=NOC(C)(C)C1. The third kappa shape index (κ3) is 3.39. The molecule has 0 saturated carbocycles. The van der Waals surface area contributed by atoms with Gasteiger partial charge in [-0.15, -0.1) is 0 Å². The molecule has 0 N–H and O–H groups in total. The molecule has 0 bridgehead atoms. The number of fused-ring (bicyclic) bond motifs is 1. The van der Waals surface area contributed by atoms with E-state index in [-0.39, 0.29) is 5.60 Å². The van der Waals surface area contributed by atoms with Crippen molar-refractivity contribution >= 4 is 45.0 Å². The summed E-state index contributed by atoms with van der Waals surface area (Å²) in [5, 5.41) is 9.04. The predicted octanol–water partition coefficient (Wildman–Crippen LogP) is 4.11. The Bertz CT molecular complexity index is 716. The maximum Gasteiger partial charge on any atom is 0.246 e. The number of benzene rings is 1. The lowest BCUT2D eigenvalue weighted by Crippen LogP contribution is -2.19. The molecule has 6 nitrogen and oxygen atoms in total. The number of rotatable bonds is 4. The first kappa shape index (κ1) is 15.6. The molecule has 118 valence electrons. The molecule has 0 amide bonds. The number of para-hydroxylation sites is 1. The first-order chi connectivity index (χ1) is 10.4. The van der Waals surface area contributed by atoms with Crippen LogP contribution in [-0.4, -0.2) is 28.0 Å². The Balaban J connectivity index is 1.60. The fourth-order valence-electron chi connectivity index (χ4n) is 2.08. The topological polar surface area (TPSA) is 60.1 Å². The van der Waals surface area contributed by atoms with Gasteiger partial charge < -0.3 is 13.5 Å². The van der Waals surface area contributed by atoms with Crippen molar-refractivity contribution in [2.45, 2.75) is 32.4 Å². The van der Waals surface area contributed by atoms with Gasteiger partial charge in [0.1, 0.15) is 23.5 Å². The maximum absolute atomic E-state index is 5.58. The van der Waals surface area contributed by atoms with Crippen LogP contribution in [0.2, 0.25) is 0 Å². The molecule has 0 radical (unpaired) electrons. The molecular formula is C14H16BrN3O3S. The summed E-state index contributed by atoms with van der Waals surface area (Å²) in [7, 11) is 1.92. The molecule has 0 saturated heterocycles. The molecule has 1 aromatic heterocycles. The van der Waals surface area contributed by atoms with Gasteiger partial charge in [-0.05, 0) is 41.9 Å². The van der Waals surface area contributed by atoms with Crippen molar-refractivity contribution in [3.05, 3.63) is 28.4 Å². The van der Waals surface area contributed by atoms with Crippen LogP contribution in [0.15, 0.2) is 32.4 Å². The van der Waals surface area contributed by atoms with Gasteiger partial charge in [0.2, 0.25) is 5.90 Å². The van der Waals surface area contributed by atoms with E-state index in [1.165, 1.54) is 12.2 Å². The molecule has 0 atom stereocenters. The molecule has 2 aromatic rings. The first-order valence-corrected chi connectivity index (χ1v) is 8.27. The number of halogens is 1. The van der Waals surface area contributed by atoms with E-state index >= 15 is 0 Å². The second-order valence-electron chi connectivity index (χ2n) is 5.70. The van der Waals surface area contributed by atoms with E-state index in [0.29, 0.717) is 18.9 Å². The molecule has 0 aliphatic carbocycles. The zero-order valence-electron chi connectivity index (χ0n) is 12.5. The fraction of sp³-hybridized carbons (Fsp3) is 0.429. The highest BCUT2D eigenvalue weighted by Gasteiger charge is 2.30. The van der Waals surface area contributed by atoms with Crippen LogP contribution in [0, 0.1) is 0 Å². The molecule has 0 fully saturated rings.